The van der Waals surface area contributed by atoms with Crippen molar-refractivity contribution in [1.82, 2.24) is 0 Å². The van der Waals surface area contributed by atoms with Crippen molar-refractivity contribution in [3.8, 4) is 11.1 Å². The highest BCUT2D eigenvalue weighted by Gasteiger charge is 2.17. The number of rotatable bonds is 1. The summed E-state index contributed by atoms with van der Waals surface area (Å²) in [5.41, 5.74) is 0.485. The Kier molecular flexibility index (Phi) is 3.13. The van der Waals surface area contributed by atoms with Gasteiger partial charge >= 0.3 is 0 Å². The van der Waals surface area contributed by atoms with Crippen molar-refractivity contribution in [2.45, 2.75) is 0 Å². The van der Waals surface area contributed by atoms with E-state index in [1.165, 1.54) is 0 Å². The van der Waals surface area contributed by atoms with Crippen LogP contribution in [0, 0.1) is 11.6 Å². The summed E-state index contributed by atoms with van der Waals surface area (Å²) in [4.78, 5) is 0. The van der Waals surface area contributed by atoms with Gasteiger partial charge in [0.2, 0.25) is 0 Å². The van der Waals surface area contributed by atoms with E-state index in [9.17, 15) is 8.78 Å². The average Bonchev–Trinajstić information content (AvgIpc) is 2.28. The first kappa shape index (κ1) is 11.4. The zero-order chi connectivity index (χ0) is 11.7. The van der Waals surface area contributed by atoms with Crippen LogP contribution in [0.1, 0.15) is 0 Å². The Bertz CT molecular complexity index is 498. The maximum absolute atomic E-state index is 13.6. The molecule has 0 nitrogen and oxygen atoms in total. The van der Waals surface area contributed by atoms with Crippen LogP contribution in [0.3, 0.4) is 0 Å². The summed E-state index contributed by atoms with van der Waals surface area (Å²) < 4.78 is 26.8. The molecule has 0 amide bonds. The molecule has 4 heteroatoms. The Morgan fingerprint density at radius 1 is 0.938 bits per heavy atom. The molecule has 0 bridgehead atoms. The highest BCUT2D eigenvalue weighted by Crippen LogP contribution is 2.36. The van der Waals surface area contributed by atoms with Crippen LogP contribution in [-0.4, -0.2) is 0 Å². The summed E-state index contributed by atoms with van der Waals surface area (Å²) in [6.45, 7) is 0. The second-order valence-corrected chi connectivity index (χ2v) is 3.99. The van der Waals surface area contributed by atoms with E-state index < -0.39 is 11.6 Å². The van der Waals surface area contributed by atoms with Crippen molar-refractivity contribution in [1.29, 1.82) is 0 Å². The predicted molar refractivity (Wildman–Crippen MR) is 61.8 cm³/mol. The fourth-order valence-corrected chi connectivity index (χ4v) is 1.87. The molecule has 0 fully saturated rings. The molecule has 2 rings (SSSR count). The van der Waals surface area contributed by atoms with E-state index in [1.54, 1.807) is 30.3 Å². The number of halogens is 4. The van der Waals surface area contributed by atoms with E-state index in [4.69, 9.17) is 23.2 Å². The van der Waals surface area contributed by atoms with E-state index in [-0.39, 0.29) is 15.6 Å². The SMILES string of the molecule is Fc1cc(Cl)c(Cl)c(-c2ccccc2)c1F. The molecule has 0 heterocycles. The molecule has 0 saturated carbocycles. The zero-order valence-electron chi connectivity index (χ0n) is 7.98. The van der Waals surface area contributed by atoms with Gasteiger partial charge in [-0.3, -0.25) is 0 Å². The van der Waals surface area contributed by atoms with Crippen LogP contribution in [0.4, 0.5) is 8.78 Å². The largest absolute Gasteiger partial charge is 0.204 e. The van der Waals surface area contributed by atoms with Crippen molar-refractivity contribution in [3.63, 3.8) is 0 Å². The molecule has 2 aromatic rings. The van der Waals surface area contributed by atoms with Crippen molar-refractivity contribution in [3.05, 3.63) is 58.1 Å². The van der Waals surface area contributed by atoms with Gasteiger partial charge in [-0.2, -0.15) is 0 Å². The molecule has 0 atom stereocenters. The number of hydrogen-bond acceptors (Lipinski definition) is 0. The second kappa shape index (κ2) is 4.40. The van der Waals surface area contributed by atoms with E-state index in [0.29, 0.717) is 5.56 Å². The third kappa shape index (κ3) is 1.91. The van der Waals surface area contributed by atoms with Crippen LogP contribution in [-0.2, 0) is 0 Å². The molecule has 0 unspecified atom stereocenters. The molecule has 82 valence electrons. The standard InChI is InChI=1S/C12H6Cl2F2/c13-8-6-9(15)12(16)10(11(8)14)7-4-2-1-3-5-7/h1-6H. The van der Waals surface area contributed by atoms with Crippen LogP contribution >= 0.6 is 23.2 Å². The van der Waals surface area contributed by atoms with Crippen LogP contribution < -0.4 is 0 Å². The van der Waals surface area contributed by atoms with Gasteiger partial charge < -0.3 is 0 Å². The highest BCUT2D eigenvalue weighted by atomic mass is 35.5. The molecule has 0 radical (unpaired) electrons. The van der Waals surface area contributed by atoms with Crippen LogP contribution in [0.15, 0.2) is 36.4 Å². The number of hydrogen-bond donors (Lipinski definition) is 0. The normalized spacial score (nSPS) is 10.5. The fourth-order valence-electron chi connectivity index (χ4n) is 1.43. The summed E-state index contributed by atoms with van der Waals surface area (Å²) >= 11 is 11.6. The first-order valence-corrected chi connectivity index (χ1v) is 5.25. The minimum atomic E-state index is -1.01. The molecule has 16 heavy (non-hydrogen) atoms. The minimum absolute atomic E-state index is 0.000537. The lowest BCUT2D eigenvalue weighted by molar-refractivity contribution is 0.511. The van der Waals surface area contributed by atoms with Crippen molar-refractivity contribution in [2.24, 2.45) is 0 Å². The summed E-state index contributed by atoms with van der Waals surface area (Å²) in [7, 11) is 0. The Morgan fingerprint density at radius 3 is 2.19 bits per heavy atom. The molecule has 0 aliphatic heterocycles. The molecular formula is C12H6Cl2F2. The van der Waals surface area contributed by atoms with Gasteiger partial charge in [0.1, 0.15) is 0 Å². The van der Waals surface area contributed by atoms with Gasteiger partial charge in [0, 0.05) is 5.56 Å². The first-order chi connectivity index (χ1) is 7.61. The summed E-state index contributed by atoms with van der Waals surface area (Å²) in [5.74, 6) is -1.99. The Labute approximate surface area is 101 Å². The molecule has 0 aromatic heterocycles. The van der Waals surface area contributed by atoms with Gasteiger partial charge in [0.15, 0.2) is 11.6 Å². The molecule has 0 spiro atoms. The Balaban J connectivity index is 2.74. The fraction of sp³-hybridized carbons (Fsp3) is 0. The van der Waals surface area contributed by atoms with Crippen molar-refractivity contribution >= 4 is 23.2 Å². The van der Waals surface area contributed by atoms with E-state index >= 15 is 0 Å². The van der Waals surface area contributed by atoms with Gasteiger partial charge in [-0.1, -0.05) is 53.5 Å². The molecule has 0 saturated heterocycles. The van der Waals surface area contributed by atoms with Crippen LogP contribution in [0.2, 0.25) is 10.0 Å². The van der Waals surface area contributed by atoms with Gasteiger partial charge in [0.05, 0.1) is 10.0 Å². The summed E-state index contributed by atoms with van der Waals surface area (Å²) in [6, 6.07) is 9.34. The quantitative estimate of drug-likeness (QED) is 0.636. The third-order valence-corrected chi connectivity index (χ3v) is 2.96. The Hall–Kier alpha value is -1.12. The average molecular weight is 259 g/mol. The first-order valence-electron chi connectivity index (χ1n) is 4.49. The van der Waals surface area contributed by atoms with E-state index in [0.717, 1.165) is 6.07 Å². The summed E-state index contributed by atoms with van der Waals surface area (Å²) in [5, 5.41) is 0.0196. The Morgan fingerprint density at radius 2 is 1.56 bits per heavy atom. The lowest BCUT2D eigenvalue weighted by Crippen LogP contribution is -1.92. The van der Waals surface area contributed by atoms with Crippen LogP contribution in [0.5, 0.6) is 0 Å². The molecule has 0 N–H and O–H groups in total. The van der Waals surface area contributed by atoms with Crippen LogP contribution in [0.25, 0.3) is 11.1 Å². The lowest BCUT2D eigenvalue weighted by Gasteiger charge is -2.08. The number of benzene rings is 2. The maximum Gasteiger partial charge on any atom is 0.168 e. The molecular weight excluding hydrogens is 253 g/mol. The lowest BCUT2D eigenvalue weighted by atomic mass is 10.0. The van der Waals surface area contributed by atoms with E-state index in [2.05, 4.69) is 0 Å². The van der Waals surface area contributed by atoms with Gasteiger partial charge in [0.25, 0.3) is 0 Å². The topological polar surface area (TPSA) is 0 Å². The summed E-state index contributed by atoms with van der Waals surface area (Å²) in [6.07, 6.45) is 0. The highest BCUT2D eigenvalue weighted by molar-refractivity contribution is 6.43. The molecule has 0 aliphatic carbocycles. The monoisotopic (exact) mass is 258 g/mol. The minimum Gasteiger partial charge on any atom is -0.204 e. The van der Waals surface area contributed by atoms with Crippen molar-refractivity contribution in [2.75, 3.05) is 0 Å². The third-order valence-electron chi connectivity index (χ3n) is 2.17. The predicted octanol–water partition coefficient (Wildman–Crippen LogP) is 4.94. The van der Waals surface area contributed by atoms with Gasteiger partial charge in [-0.15, -0.1) is 0 Å². The second-order valence-electron chi connectivity index (χ2n) is 3.21. The van der Waals surface area contributed by atoms with E-state index in [1.807, 2.05) is 0 Å². The smallest absolute Gasteiger partial charge is 0.168 e. The van der Waals surface area contributed by atoms with Gasteiger partial charge in [-0.25, -0.2) is 8.78 Å². The molecule has 0 aliphatic rings. The molecule has 2 aromatic carbocycles. The van der Waals surface area contributed by atoms with Crippen molar-refractivity contribution < 1.29 is 8.78 Å². The zero-order valence-corrected chi connectivity index (χ0v) is 9.49. The maximum atomic E-state index is 13.6. The van der Waals surface area contributed by atoms with Gasteiger partial charge in [-0.05, 0) is 11.6 Å².